The minimum absolute atomic E-state index is 0.0377. The molecule has 0 fully saturated rings. The van der Waals surface area contributed by atoms with Crippen LogP contribution in [-0.2, 0) is 25.6 Å². The molecule has 1 heterocycles. The number of hydrogen-bond donors (Lipinski definition) is 8. The van der Waals surface area contributed by atoms with Crippen molar-refractivity contribution >= 4 is 47.2 Å². The van der Waals surface area contributed by atoms with Gasteiger partial charge >= 0.3 is 5.97 Å². The fourth-order valence-electron chi connectivity index (χ4n) is 2.81. The second-order valence-electron chi connectivity index (χ2n) is 6.77. The SMILES string of the molecule is NC(CS)C(=O)NC(CO)C(=O)NCC(=O)NC(Cc1c[nH]c2ccccc12)C(=O)O. The van der Waals surface area contributed by atoms with Gasteiger partial charge in [-0.1, -0.05) is 18.2 Å². The molecule has 2 rings (SSSR count). The molecule has 0 aliphatic heterocycles. The first kappa shape index (κ1) is 24.2. The third kappa shape index (κ3) is 6.70. The van der Waals surface area contributed by atoms with Gasteiger partial charge in [0.1, 0.15) is 12.1 Å². The van der Waals surface area contributed by atoms with Gasteiger partial charge in [0.05, 0.1) is 19.2 Å². The van der Waals surface area contributed by atoms with E-state index in [1.54, 1.807) is 6.20 Å². The van der Waals surface area contributed by atoms with Crippen molar-refractivity contribution in [2.45, 2.75) is 24.5 Å². The lowest BCUT2D eigenvalue weighted by Gasteiger charge is -2.19. The predicted molar refractivity (Wildman–Crippen MR) is 115 cm³/mol. The van der Waals surface area contributed by atoms with Gasteiger partial charge in [-0.05, 0) is 11.6 Å². The lowest BCUT2D eigenvalue weighted by Crippen LogP contribution is -2.55. The van der Waals surface area contributed by atoms with Crippen molar-refractivity contribution in [3.05, 3.63) is 36.0 Å². The summed E-state index contributed by atoms with van der Waals surface area (Å²) in [6.07, 6.45) is 1.72. The van der Waals surface area contributed by atoms with Gasteiger partial charge in [-0.3, -0.25) is 14.4 Å². The number of rotatable bonds is 11. The van der Waals surface area contributed by atoms with E-state index in [-0.39, 0.29) is 12.2 Å². The lowest BCUT2D eigenvalue weighted by molar-refractivity contribution is -0.141. The van der Waals surface area contributed by atoms with Gasteiger partial charge in [-0.15, -0.1) is 0 Å². The number of benzene rings is 1. The number of para-hydroxylation sites is 1. The summed E-state index contributed by atoms with van der Waals surface area (Å²) < 4.78 is 0. The highest BCUT2D eigenvalue weighted by molar-refractivity contribution is 7.80. The number of H-pyrrole nitrogens is 1. The number of hydrogen-bond acceptors (Lipinski definition) is 7. The zero-order chi connectivity index (χ0) is 23.0. The van der Waals surface area contributed by atoms with Crippen LogP contribution in [0.1, 0.15) is 5.56 Å². The van der Waals surface area contributed by atoms with Crippen LogP contribution in [0.2, 0.25) is 0 Å². The van der Waals surface area contributed by atoms with Crippen LogP contribution in [0.25, 0.3) is 10.9 Å². The van der Waals surface area contributed by atoms with Crippen molar-refractivity contribution in [1.82, 2.24) is 20.9 Å². The van der Waals surface area contributed by atoms with Crippen LogP contribution < -0.4 is 21.7 Å². The number of amides is 3. The number of aliphatic carboxylic acids is 1. The Morgan fingerprint density at radius 2 is 1.81 bits per heavy atom. The number of aliphatic hydroxyl groups is 1. The number of carboxylic acids is 1. The summed E-state index contributed by atoms with van der Waals surface area (Å²) in [7, 11) is 0. The van der Waals surface area contributed by atoms with Crippen molar-refractivity contribution in [3.8, 4) is 0 Å². The smallest absolute Gasteiger partial charge is 0.326 e. The zero-order valence-electron chi connectivity index (χ0n) is 16.5. The van der Waals surface area contributed by atoms with Gasteiger partial charge in [-0.25, -0.2) is 4.79 Å². The van der Waals surface area contributed by atoms with Gasteiger partial charge in [-0.2, -0.15) is 12.6 Å². The van der Waals surface area contributed by atoms with E-state index < -0.39 is 55.0 Å². The average Bonchev–Trinajstić information content (AvgIpc) is 3.17. The number of thiol groups is 1. The Morgan fingerprint density at radius 3 is 2.45 bits per heavy atom. The number of nitrogens with one attached hydrogen (secondary N) is 4. The average molecular weight is 452 g/mol. The van der Waals surface area contributed by atoms with E-state index in [1.165, 1.54) is 0 Å². The predicted octanol–water partition coefficient (Wildman–Crippen LogP) is -1.87. The monoisotopic (exact) mass is 451 g/mol. The summed E-state index contributed by atoms with van der Waals surface area (Å²) in [6.45, 7) is -1.25. The molecule has 12 heteroatoms. The van der Waals surface area contributed by atoms with E-state index in [4.69, 9.17) is 5.73 Å². The van der Waals surface area contributed by atoms with Crippen LogP contribution in [0.15, 0.2) is 30.5 Å². The Labute approximate surface area is 183 Å². The number of aromatic amines is 1. The van der Waals surface area contributed by atoms with Crippen molar-refractivity contribution in [3.63, 3.8) is 0 Å². The third-order valence-corrected chi connectivity index (χ3v) is 4.90. The number of carboxylic acid groups (broad SMARTS) is 1. The van der Waals surface area contributed by atoms with Gasteiger partial charge in [0.25, 0.3) is 0 Å². The molecular formula is C19H25N5O6S. The third-order valence-electron chi connectivity index (χ3n) is 4.50. The summed E-state index contributed by atoms with van der Waals surface area (Å²) in [4.78, 5) is 50.6. The largest absolute Gasteiger partial charge is 0.480 e. The number of fused-ring (bicyclic) bond motifs is 1. The quantitative estimate of drug-likeness (QED) is 0.184. The first-order chi connectivity index (χ1) is 14.8. The van der Waals surface area contributed by atoms with Crippen molar-refractivity contribution in [2.75, 3.05) is 18.9 Å². The maximum absolute atomic E-state index is 12.2. The molecule has 0 aliphatic rings. The molecule has 8 N–H and O–H groups in total. The number of aliphatic hydroxyl groups excluding tert-OH is 1. The Bertz CT molecular complexity index is 949. The van der Waals surface area contributed by atoms with Gasteiger partial charge in [0.2, 0.25) is 17.7 Å². The molecule has 1 aromatic heterocycles. The van der Waals surface area contributed by atoms with Crippen molar-refractivity contribution in [2.24, 2.45) is 5.73 Å². The van der Waals surface area contributed by atoms with E-state index >= 15 is 0 Å². The van der Waals surface area contributed by atoms with Crippen LogP contribution in [0.5, 0.6) is 0 Å². The first-order valence-corrected chi connectivity index (χ1v) is 10.0. The van der Waals surface area contributed by atoms with Crippen LogP contribution in [-0.4, -0.2) is 75.9 Å². The fourth-order valence-corrected chi connectivity index (χ4v) is 2.98. The second-order valence-corrected chi connectivity index (χ2v) is 7.14. The van der Waals surface area contributed by atoms with Gasteiger partial charge in [0, 0.05) is 29.3 Å². The van der Waals surface area contributed by atoms with Crippen molar-refractivity contribution in [1.29, 1.82) is 0 Å². The van der Waals surface area contributed by atoms with Crippen molar-refractivity contribution < 1.29 is 29.4 Å². The highest BCUT2D eigenvalue weighted by Gasteiger charge is 2.25. The van der Waals surface area contributed by atoms with E-state index in [0.29, 0.717) is 0 Å². The highest BCUT2D eigenvalue weighted by Crippen LogP contribution is 2.19. The molecule has 1 aromatic carbocycles. The number of carbonyl (C=O) groups excluding carboxylic acids is 3. The Hall–Kier alpha value is -3.09. The zero-order valence-corrected chi connectivity index (χ0v) is 17.4. The molecule has 0 bridgehead atoms. The standard InChI is InChI=1S/C19H25N5O6S/c20-12(9-31)17(27)24-15(8-25)18(28)22-7-16(26)23-14(19(29)30)5-10-6-21-13-4-2-1-3-11(10)13/h1-4,6,12,14-15,21,25,31H,5,7-9,20H2,(H,22,28)(H,23,26)(H,24,27)(H,29,30). The van der Waals surface area contributed by atoms with Crippen LogP contribution in [0.3, 0.4) is 0 Å². The summed E-state index contributed by atoms with van der Waals surface area (Å²) in [5, 5.41) is 26.4. The first-order valence-electron chi connectivity index (χ1n) is 9.39. The Kier molecular flexibility index (Phi) is 8.85. The molecule has 0 spiro atoms. The molecule has 0 saturated carbocycles. The van der Waals surface area contributed by atoms with Crippen LogP contribution in [0.4, 0.5) is 0 Å². The molecule has 168 valence electrons. The van der Waals surface area contributed by atoms with E-state index in [9.17, 15) is 29.4 Å². The highest BCUT2D eigenvalue weighted by atomic mass is 32.1. The molecule has 2 aromatic rings. The molecular weight excluding hydrogens is 426 g/mol. The van der Waals surface area contributed by atoms with Crippen LogP contribution >= 0.6 is 12.6 Å². The van der Waals surface area contributed by atoms with E-state index in [2.05, 4.69) is 33.6 Å². The van der Waals surface area contributed by atoms with E-state index in [0.717, 1.165) is 16.5 Å². The molecule has 3 atom stereocenters. The maximum Gasteiger partial charge on any atom is 0.326 e. The summed E-state index contributed by atoms with van der Waals surface area (Å²) in [5.74, 6) is -3.43. The maximum atomic E-state index is 12.2. The van der Waals surface area contributed by atoms with Gasteiger partial charge in [0.15, 0.2) is 0 Å². The lowest BCUT2D eigenvalue weighted by atomic mass is 10.0. The minimum Gasteiger partial charge on any atom is -0.480 e. The second kappa shape index (κ2) is 11.3. The number of aromatic nitrogens is 1. The molecule has 0 radical (unpaired) electrons. The molecule has 11 nitrogen and oxygen atoms in total. The summed E-state index contributed by atoms with van der Waals surface area (Å²) >= 11 is 3.87. The molecule has 3 amide bonds. The fraction of sp³-hybridized carbons (Fsp3) is 0.368. The van der Waals surface area contributed by atoms with E-state index in [1.807, 2.05) is 24.3 Å². The topological polar surface area (TPSA) is 187 Å². The Balaban J connectivity index is 1.92. The van der Waals surface area contributed by atoms with Crippen LogP contribution in [0, 0.1) is 0 Å². The molecule has 31 heavy (non-hydrogen) atoms. The normalized spacial score (nSPS) is 13.8. The molecule has 0 aliphatic carbocycles. The molecule has 0 saturated heterocycles. The summed E-state index contributed by atoms with van der Waals surface area (Å²) in [6, 6.07) is 3.86. The molecule has 3 unspecified atom stereocenters. The van der Waals surface area contributed by atoms with Gasteiger partial charge < -0.3 is 36.9 Å². The minimum atomic E-state index is -1.31. The number of nitrogens with two attached hydrogens (primary N) is 1. The number of carbonyl (C=O) groups is 4. The summed E-state index contributed by atoms with van der Waals surface area (Å²) in [5.41, 5.74) is 7.05. The Morgan fingerprint density at radius 1 is 1.10 bits per heavy atom.